The molecule has 3 heterocycles. The maximum atomic E-state index is 12.9. The predicted octanol–water partition coefficient (Wildman–Crippen LogP) is 4.46. The average molecular weight is 508 g/mol. The molecule has 0 bridgehead atoms. The fourth-order valence-corrected chi connectivity index (χ4v) is 5.66. The molecule has 2 N–H and O–H groups in total. The van der Waals surface area contributed by atoms with Crippen molar-refractivity contribution in [2.45, 2.75) is 6.42 Å². The van der Waals surface area contributed by atoms with Gasteiger partial charge in [-0.05, 0) is 49.0 Å². The van der Waals surface area contributed by atoms with E-state index in [1.54, 1.807) is 29.5 Å². The summed E-state index contributed by atoms with van der Waals surface area (Å²) in [6, 6.07) is 15.3. The number of nitrogens with zero attached hydrogens (tertiary/aromatic N) is 4. The summed E-state index contributed by atoms with van der Waals surface area (Å²) in [5, 5.41) is 0.395. The minimum atomic E-state index is -0.0152. The minimum Gasteiger partial charge on any atom is -0.493 e. The Hall–Kier alpha value is -3.20. The number of aliphatic imine (C=N–C) groups is 2. The van der Waals surface area contributed by atoms with Crippen LogP contribution in [-0.2, 0) is 6.42 Å². The number of hydrogen-bond acceptors (Lipinski definition) is 5. The number of piperazine rings is 1. The van der Waals surface area contributed by atoms with Crippen LogP contribution in [0.3, 0.4) is 0 Å². The highest BCUT2D eigenvalue weighted by atomic mass is 35.5. The number of amides is 1. The predicted molar refractivity (Wildman–Crippen MR) is 143 cm³/mol. The van der Waals surface area contributed by atoms with Crippen molar-refractivity contribution in [3.63, 3.8) is 0 Å². The highest BCUT2D eigenvalue weighted by molar-refractivity contribution is 7.17. The van der Waals surface area contributed by atoms with Crippen LogP contribution in [0.25, 0.3) is 10.4 Å². The normalized spacial score (nSPS) is 16.5. The second-order valence-electron chi connectivity index (χ2n) is 8.53. The number of carbonyl (C=O) groups excluding carboxylic acids is 1. The molecular weight excluding hydrogens is 482 g/mol. The zero-order valence-corrected chi connectivity index (χ0v) is 21.0. The quantitative estimate of drug-likeness (QED) is 0.419. The zero-order chi connectivity index (χ0) is 24.4. The van der Waals surface area contributed by atoms with E-state index in [9.17, 15) is 4.79 Å². The molecule has 0 spiro atoms. The summed E-state index contributed by atoms with van der Waals surface area (Å²) in [6.07, 6.45) is 2.03. The van der Waals surface area contributed by atoms with Crippen molar-refractivity contribution in [1.29, 1.82) is 0 Å². The number of ether oxygens (including phenoxy) is 1. The summed E-state index contributed by atoms with van der Waals surface area (Å²) in [5.74, 6) is 1.34. The molecule has 7 nitrogen and oxygen atoms in total. The maximum absolute atomic E-state index is 12.9. The molecule has 2 aromatic carbocycles. The minimum absolute atomic E-state index is 0.0152. The molecule has 0 aliphatic carbocycles. The van der Waals surface area contributed by atoms with Crippen LogP contribution in [0.2, 0.25) is 5.02 Å². The van der Waals surface area contributed by atoms with E-state index in [-0.39, 0.29) is 5.91 Å². The maximum Gasteiger partial charge on any atom is 0.253 e. The van der Waals surface area contributed by atoms with Crippen LogP contribution in [0.5, 0.6) is 5.75 Å². The molecule has 9 heteroatoms. The number of fused-ring (bicyclic) bond motifs is 3. The van der Waals surface area contributed by atoms with E-state index < -0.39 is 0 Å². The molecule has 0 saturated carbocycles. The Kier molecular flexibility index (Phi) is 6.86. The van der Waals surface area contributed by atoms with Gasteiger partial charge in [0.15, 0.2) is 5.84 Å². The van der Waals surface area contributed by atoms with Crippen LogP contribution in [0.15, 0.2) is 58.5 Å². The van der Waals surface area contributed by atoms with Gasteiger partial charge in [-0.15, -0.1) is 11.3 Å². The van der Waals surface area contributed by atoms with Crippen LogP contribution in [0, 0.1) is 0 Å². The molecular formula is C26H26ClN5O2S. The number of carbonyl (C=O) groups is 1. The first-order valence-electron chi connectivity index (χ1n) is 11.5. The molecule has 0 atom stereocenters. The molecule has 1 fully saturated rings. The standard InChI is InChI=1S/C26H26ClN5O2S/c1-31-9-11-32(12-10-31)26(33)18-6-7-21(20(27)14-18)30-25(29-16-28)23-15-17-8-13-34-22-5-3-2-4-19(22)24(17)35-23/h2-7,14-16H,8-13H2,1H3,(H2,28,29,30). The highest BCUT2D eigenvalue weighted by Crippen LogP contribution is 2.41. The third-order valence-corrected chi connectivity index (χ3v) is 7.71. The van der Waals surface area contributed by atoms with Gasteiger partial charge in [0.2, 0.25) is 0 Å². The number of para-hydroxylation sites is 1. The summed E-state index contributed by atoms with van der Waals surface area (Å²) in [5.41, 5.74) is 9.01. The average Bonchev–Trinajstić information content (AvgIpc) is 3.21. The van der Waals surface area contributed by atoms with Crippen molar-refractivity contribution < 1.29 is 9.53 Å². The molecule has 3 aromatic rings. The molecule has 1 amide bonds. The zero-order valence-electron chi connectivity index (χ0n) is 19.4. The van der Waals surface area contributed by atoms with Gasteiger partial charge in [-0.25, -0.2) is 9.98 Å². The van der Waals surface area contributed by atoms with Crippen LogP contribution < -0.4 is 10.5 Å². The van der Waals surface area contributed by atoms with Gasteiger partial charge in [-0.3, -0.25) is 4.79 Å². The Balaban J connectivity index is 1.45. The van der Waals surface area contributed by atoms with Crippen molar-refractivity contribution in [2.75, 3.05) is 39.8 Å². The number of hydrogen-bond donors (Lipinski definition) is 1. The first-order valence-corrected chi connectivity index (χ1v) is 12.7. The van der Waals surface area contributed by atoms with Gasteiger partial charge in [0.25, 0.3) is 5.91 Å². The van der Waals surface area contributed by atoms with E-state index in [1.807, 2.05) is 23.1 Å². The van der Waals surface area contributed by atoms with Gasteiger partial charge in [-0.1, -0.05) is 23.7 Å². The number of benzene rings is 2. The fraction of sp³-hybridized carbons (Fsp3) is 0.269. The number of halogens is 1. The van der Waals surface area contributed by atoms with E-state index in [0.717, 1.165) is 40.6 Å². The smallest absolute Gasteiger partial charge is 0.253 e. The van der Waals surface area contributed by atoms with Gasteiger partial charge in [0.1, 0.15) is 5.75 Å². The molecule has 2 aliphatic heterocycles. The first-order chi connectivity index (χ1) is 17.0. The Labute approximate surface area is 213 Å². The number of rotatable bonds is 3. The second kappa shape index (κ2) is 10.2. The van der Waals surface area contributed by atoms with Gasteiger partial charge in [0, 0.05) is 48.6 Å². The Morgan fingerprint density at radius 1 is 1.14 bits per heavy atom. The second-order valence-corrected chi connectivity index (χ2v) is 9.99. The van der Waals surface area contributed by atoms with Gasteiger partial charge in [-0.2, -0.15) is 0 Å². The first kappa shape index (κ1) is 23.5. The summed E-state index contributed by atoms with van der Waals surface area (Å²) < 4.78 is 5.90. The lowest BCUT2D eigenvalue weighted by atomic mass is 10.1. The number of thiophene rings is 1. The van der Waals surface area contributed by atoms with Crippen molar-refractivity contribution in [1.82, 2.24) is 9.80 Å². The summed E-state index contributed by atoms with van der Waals surface area (Å²) in [6.45, 7) is 3.76. The third kappa shape index (κ3) is 4.96. The van der Waals surface area contributed by atoms with Gasteiger partial charge < -0.3 is 20.3 Å². The van der Waals surface area contributed by atoms with Gasteiger partial charge in [0.05, 0.1) is 28.5 Å². The van der Waals surface area contributed by atoms with Crippen LogP contribution in [-0.4, -0.2) is 67.7 Å². The Morgan fingerprint density at radius 3 is 2.71 bits per heavy atom. The topological polar surface area (TPSA) is 83.5 Å². The van der Waals surface area contributed by atoms with Crippen LogP contribution >= 0.6 is 22.9 Å². The van der Waals surface area contributed by atoms with Gasteiger partial charge >= 0.3 is 0 Å². The SMILES string of the molecule is CN1CCN(C(=O)c2ccc(N=C(N=CN)c3cc4c(s3)-c3ccccc3OCC4)c(Cl)c2)CC1. The van der Waals surface area contributed by atoms with Crippen molar-refractivity contribution in [3.8, 4) is 16.2 Å². The molecule has 180 valence electrons. The number of amidine groups is 1. The fourth-order valence-electron chi connectivity index (χ4n) is 4.26. The summed E-state index contributed by atoms with van der Waals surface area (Å²) in [7, 11) is 2.06. The number of nitrogens with two attached hydrogens (primary N) is 1. The molecule has 0 radical (unpaired) electrons. The molecule has 2 aliphatic rings. The number of likely N-dealkylation sites (N-methyl/N-ethyl adjacent to an activating group) is 1. The lowest BCUT2D eigenvalue weighted by molar-refractivity contribution is 0.0664. The molecule has 1 aromatic heterocycles. The van der Waals surface area contributed by atoms with Crippen molar-refractivity contribution in [3.05, 3.63) is 69.6 Å². The molecule has 5 rings (SSSR count). The van der Waals surface area contributed by atoms with Crippen LogP contribution in [0.1, 0.15) is 20.8 Å². The Bertz CT molecular complexity index is 1310. The van der Waals surface area contributed by atoms with E-state index in [4.69, 9.17) is 27.1 Å². The summed E-state index contributed by atoms with van der Waals surface area (Å²) in [4.78, 5) is 28.1. The largest absolute Gasteiger partial charge is 0.493 e. The summed E-state index contributed by atoms with van der Waals surface area (Å²) >= 11 is 8.18. The lowest BCUT2D eigenvalue weighted by Crippen LogP contribution is -2.47. The van der Waals surface area contributed by atoms with E-state index in [2.05, 4.69) is 29.1 Å². The molecule has 1 saturated heterocycles. The van der Waals surface area contributed by atoms with Crippen molar-refractivity contribution in [2.24, 2.45) is 15.7 Å². The third-order valence-electron chi connectivity index (χ3n) is 6.20. The van der Waals surface area contributed by atoms with E-state index in [0.29, 0.717) is 41.8 Å². The lowest BCUT2D eigenvalue weighted by Gasteiger charge is -2.32. The van der Waals surface area contributed by atoms with Crippen molar-refractivity contribution >= 4 is 46.7 Å². The van der Waals surface area contributed by atoms with Crippen LogP contribution in [0.4, 0.5) is 5.69 Å². The molecule has 0 unspecified atom stereocenters. The monoisotopic (exact) mass is 507 g/mol. The molecule has 35 heavy (non-hydrogen) atoms. The van der Waals surface area contributed by atoms with E-state index in [1.165, 1.54) is 11.9 Å². The Morgan fingerprint density at radius 2 is 1.94 bits per heavy atom. The highest BCUT2D eigenvalue weighted by Gasteiger charge is 2.22. The van der Waals surface area contributed by atoms with E-state index >= 15 is 0 Å².